The number of piperazine rings is 1. The number of nitrogens with zero attached hydrogens (tertiary/aromatic N) is 5. The maximum absolute atomic E-state index is 6.06. The van der Waals surface area contributed by atoms with Crippen LogP contribution >= 0.6 is 0 Å². The summed E-state index contributed by atoms with van der Waals surface area (Å²) in [6, 6.07) is 7.69. The Labute approximate surface area is 127 Å². The van der Waals surface area contributed by atoms with Crippen molar-refractivity contribution in [1.29, 1.82) is 0 Å². The van der Waals surface area contributed by atoms with Crippen LogP contribution in [-0.4, -0.2) is 45.8 Å². The summed E-state index contributed by atoms with van der Waals surface area (Å²) < 4.78 is 2.07. The van der Waals surface area contributed by atoms with Gasteiger partial charge in [-0.05, 0) is 24.3 Å². The highest BCUT2D eigenvalue weighted by atomic mass is 15.6. The summed E-state index contributed by atoms with van der Waals surface area (Å²) in [6.45, 7) is 3.67. The van der Waals surface area contributed by atoms with E-state index in [1.165, 1.54) is 0 Å². The molecule has 1 aliphatic heterocycles. The molecule has 0 atom stereocenters. The van der Waals surface area contributed by atoms with E-state index < -0.39 is 0 Å². The Morgan fingerprint density at radius 3 is 2.64 bits per heavy atom. The molecule has 0 amide bonds. The molecule has 0 aromatic carbocycles. The smallest absolute Gasteiger partial charge is 0.179 e. The Kier molecular flexibility index (Phi) is 3.12. The summed E-state index contributed by atoms with van der Waals surface area (Å²) in [5.74, 6) is 1.27. The molecule has 3 aromatic heterocycles. The van der Waals surface area contributed by atoms with Crippen molar-refractivity contribution >= 4 is 17.0 Å². The molecule has 3 aromatic rings. The van der Waals surface area contributed by atoms with Gasteiger partial charge in [-0.15, -0.1) is 0 Å². The molecule has 1 fully saturated rings. The number of nitrogen functional groups attached to an aromatic ring is 1. The van der Waals surface area contributed by atoms with Gasteiger partial charge in [-0.25, -0.2) is 19.6 Å². The molecule has 0 spiro atoms. The number of nitrogens with two attached hydrogens (primary N) is 1. The molecule has 112 valence electrons. The van der Waals surface area contributed by atoms with Crippen molar-refractivity contribution in [3.63, 3.8) is 0 Å². The van der Waals surface area contributed by atoms with Crippen LogP contribution in [0, 0.1) is 0 Å². The fourth-order valence-corrected chi connectivity index (χ4v) is 2.80. The van der Waals surface area contributed by atoms with Crippen LogP contribution in [0.4, 0.5) is 5.82 Å². The minimum Gasteiger partial charge on any atom is -0.383 e. The zero-order valence-corrected chi connectivity index (χ0v) is 12.1. The first-order valence-electron chi connectivity index (χ1n) is 7.35. The Hall–Kier alpha value is -2.67. The van der Waals surface area contributed by atoms with Crippen molar-refractivity contribution in [3.05, 3.63) is 36.7 Å². The van der Waals surface area contributed by atoms with E-state index in [1.54, 1.807) is 12.4 Å². The molecule has 3 N–H and O–H groups in total. The molecule has 1 saturated heterocycles. The predicted molar refractivity (Wildman–Crippen MR) is 86.0 cm³/mol. The SMILES string of the molecule is Nc1ncccc1-c1nc2cccnc2n1N1CCNCC1. The molecule has 0 aliphatic carbocycles. The number of hydrogen-bond acceptors (Lipinski definition) is 6. The number of pyridine rings is 2. The summed E-state index contributed by atoms with van der Waals surface area (Å²) in [5, 5.41) is 5.61. The summed E-state index contributed by atoms with van der Waals surface area (Å²) in [7, 11) is 0. The van der Waals surface area contributed by atoms with Gasteiger partial charge in [0.1, 0.15) is 11.3 Å². The maximum atomic E-state index is 6.06. The van der Waals surface area contributed by atoms with Crippen LogP contribution in [0.15, 0.2) is 36.7 Å². The largest absolute Gasteiger partial charge is 0.383 e. The first kappa shape index (κ1) is 13.0. The van der Waals surface area contributed by atoms with E-state index in [4.69, 9.17) is 10.7 Å². The standard InChI is InChI=1S/C15H17N7/c16-13-11(3-1-5-18-13)14-20-12-4-2-6-19-15(12)22(14)21-9-7-17-8-10-21/h1-6,17H,7-10H2,(H2,16,18). The van der Waals surface area contributed by atoms with Crippen LogP contribution in [0.1, 0.15) is 0 Å². The second kappa shape index (κ2) is 5.27. The first-order chi connectivity index (χ1) is 10.8. The van der Waals surface area contributed by atoms with Crippen LogP contribution < -0.4 is 16.1 Å². The van der Waals surface area contributed by atoms with Gasteiger partial charge in [-0.1, -0.05) is 0 Å². The lowest BCUT2D eigenvalue weighted by atomic mass is 10.2. The summed E-state index contributed by atoms with van der Waals surface area (Å²) in [5.41, 5.74) is 8.60. The molecule has 0 saturated carbocycles. The Bertz CT molecular complexity index is 805. The average Bonchev–Trinajstić information content (AvgIpc) is 2.95. The second-order valence-electron chi connectivity index (χ2n) is 5.23. The van der Waals surface area contributed by atoms with Crippen molar-refractivity contribution in [1.82, 2.24) is 24.9 Å². The van der Waals surface area contributed by atoms with E-state index in [0.29, 0.717) is 5.82 Å². The fourth-order valence-electron chi connectivity index (χ4n) is 2.80. The summed E-state index contributed by atoms with van der Waals surface area (Å²) in [4.78, 5) is 13.4. The van der Waals surface area contributed by atoms with Crippen LogP contribution in [0.2, 0.25) is 0 Å². The number of imidazole rings is 1. The fraction of sp³-hybridized carbons (Fsp3) is 0.267. The van der Waals surface area contributed by atoms with Crippen LogP contribution in [0.25, 0.3) is 22.6 Å². The quantitative estimate of drug-likeness (QED) is 0.721. The Morgan fingerprint density at radius 2 is 1.82 bits per heavy atom. The molecule has 0 bridgehead atoms. The number of aromatic nitrogens is 4. The lowest BCUT2D eigenvalue weighted by Crippen LogP contribution is -2.49. The number of hydrogen-bond donors (Lipinski definition) is 2. The third-order valence-corrected chi connectivity index (χ3v) is 3.85. The van der Waals surface area contributed by atoms with Crippen molar-refractivity contribution in [2.24, 2.45) is 0 Å². The van der Waals surface area contributed by atoms with Gasteiger partial charge < -0.3 is 16.1 Å². The summed E-state index contributed by atoms with van der Waals surface area (Å²) in [6.07, 6.45) is 3.48. The predicted octanol–water partition coefficient (Wildman–Crippen LogP) is 0.617. The summed E-state index contributed by atoms with van der Waals surface area (Å²) >= 11 is 0. The van der Waals surface area contributed by atoms with Gasteiger partial charge in [-0.2, -0.15) is 0 Å². The van der Waals surface area contributed by atoms with Gasteiger partial charge in [-0.3, -0.25) is 0 Å². The van der Waals surface area contributed by atoms with Crippen molar-refractivity contribution < 1.29 is 0 Å². The van der Waals surface area contributed by atoms with Crippen LogP contribution in [0.5, 0.6) is 0 Å². The minimum absolute atomic E-state index is 0.481. The van der Waals surface area contributed by atoms with Crippen molar-refractivity contribution in [2.75, 3.05) is 36.9 Å². The number of nitrogens with one attached hydrogen (secondary N) is 1. The lowest BCUT2D eigenvalue weighted by Gasteiger charge is -2.31. The second-order valence-corrected chi connectivity index (χ2v) is 5.23. The van der Waals surface area contributed by atoms with Gasteiger partial charge in [0.05, 0.1) is 5.56 Å². The average molecular weight is 295 g/mol. The van der Waals surface area contributed by atoms with Crippen LogP contribution in [0.3, 0.4) is 0 Å². The third kappa shape index (κ3) is 2.06. The Balaban J connectivity index is 1.95. The molecule has 0 radical (unpaired) electrons. The molecular weight excluding hydrogens is 278 g/mol. The zero-order chi connectivity index (χ0) is 14.9. The van der Waals surface area contributed by atoms with Crippen molar-refractivity contribution in [3.8, 4) is 11.4 Å². The zero-order valence-electron chi connectivity index (χ0n) is 12.1. The van der Waals surface area contributed by atoms with E-state index in [2.05, 4.69) is 25.0 Å². The highest BCUT2D eigenvalue weighted by molar-refractivity contribution is 5.80. The minimum atomic E-state index is 0.481. The Morgan fingerprint density at radius 1 is 1.05 bits per heavy atom. The third-order valence-electron chi connectivity index (χ3n) is 3.85. The van der Waals surface area contributed by atoms with E-state index in [9.17, 15) is 0 Å². The van der Waals surface area contributed by atoms with E-state index >= 15 is 0 Å². The number of fused-ring (bicyclic) bond motifs is 1. The van der Waals surface area contributed by atoms with Gasteiger partial charge >= 0.3 is 0 Å². The van der Waals surface area contributed by atoms with Crippen LogP contribution in [-0.2, 0) is 0 Å². The molecule has 4 rings (SSSR count). The molecule has 1 aliphatic rings. The van der Waals surface area contributed by atoms with E-state index in [1.807, 2.05) is 24.3 Å². The molecule has 22 heavy (non-hydrogen) atoms. The normalized spacial score (nSPS) is 15.4. The monoisotopic (exact) mass is 295 g/mol. The molecule has 7 heteroatoms. The molecule has 0 unspecified atom stereocenters. The topological polar surface area (TPSA) is 84.9 Å². The van der Waals surface area contributed by atoms with Gasteiger partial charge in [0, 0.05) is 38.6 Å². The maximum Gasteiger partial charge on any atom is 0.179 e. The molecular formula is C15H17N7. The van der Waals surface area contributed by atoms with E-state index in [0.717, 1.165) is 48.7 Å². The van der Waals surface area contributed by atoms with E-state index in [-0.39, 0.29) is 0 Å². The lowest BCUT2D eigenvalue weighted by molar-refractivity contribution is 0.499. The van der Waals surface area contributed by atoms with Crippen molar-refractivity contribution in [2.45, 2.75) is 0 Å². The molecule has 4 heterocycles. The highest BCUT2D eigenvalue weighted by Gasteiger charge is 2.21. The number of rotatable bonds is 2. The first-order valence-corrected chi connectivity index (χ1v) is 7.35. The number of anilines is 1. The van der Waals surface area contributed by atoms with Gasteiger partial charge in [0.25, 0.3) is 0 Å². The molecule has 7 nitrogen and oxygen atoms in total. The van der Waals surface area contributed by atoms with Gasteiger partial charge in [0.15, 0.2) is 11.5 Å². The highest BCUT2D eigenvalue weighted by Crippen LogP contribution is 2.27. The van der Waals surface area contributed by atoms with Gasteiger partial charge in [0.2, 0.25) is 0 Å².